The Kier molecular flexibility index (Phi) is 7.14. The number of ether oxygens (including phenoxy) is 1. The molecule has 3 nitrogen and oxygen atoms in total. The summed E-state index contributed by atoms with van der Waals surface area (Å²) in [6, 6.07) is 14.7. The SMILES string of the molecule is COc1ccccc1CCCC(=O)c1ccncc1Cc1ccc(I)cc1F. The fourth-order valence-corrected chi connectivity index (χ4v) is 3.65. The smallest absolute Gasteiger partial charge is 0.163 e. The van der Waals surface area contributed by atoms with Crippen LogP contribution in [-0.2, 0) is 12.8 Å². The maximum Gasteiger partial charge on any atom is 0.163 e. The zero-order valence-corrected chi connectivity index (χ0v) is 17.8. The van der Waals surface area contributed by atoms with Crippen LogP contribution < -0.4 is 4.74 Å². The zero-order valence-electron chi connectivity index (χ0n) is 15.6. The van der Waals surface area contributed by atoms with Gasteiger partial charge in [-0.1, -0.05) is 24.3 Å². The van der Waals surface area contributed by atoms with Crippen molar-refractivity contribution in [2.75, 3.05) is 7.11 Å². The second-order valence-electron chi connectivity index (χ2n) is 6.53. The van der Waals surface area contributed by atoms with Crippen molar-refractivity contribution in [2.45, 2.75) is 25.7 Å². The number of aromatic nitrogens is 1. The number of carbonyl (C=O) groups is 1. The van der Waals surface area contributed by atoms with E-state index in [-0.39, 0.29) is 11.6 Å². The minimum Gasteiger partial charge on any atom is -0.496 e. The number of rotatable bonds is 8. The first-order valence-electron chi connectivity index (χ1n) is 9.10. The molecule has 0 aliphatic rings. The lowest BCUT2D eigenvalue weighted by Gasteiger charge is -2.10. The Morgan fingerprint density at radius 2 is 1.93 bits per heavy atom. The molecule has 0 amide bonds. The van der Waals surface area contributed by atoms with Crippen molar-refractivity contribution >= 4 is 28.4 Å². The summed E-state index contributed by atoms with van der Waals surface area (Å²) in [6.07, 6.45) is 5.53. The fraction of sp³-hybridized carbons (Fsp3) is 0.217. The molecule has 0 fully saturated rings. The Morgan fingerprint density at radius 1 is 1.11 bits per heavy atom. The zero-order chi connectivity index (χ0) is 19.9. The molecule has 0 spiro atoms. The van der Waals surface area contributed by atoms with Crippen LogP contribution in [-0.4, -0.2) is 17.9 Å². The highest BCUT2D eigenvalue weighted by Crippen LogP contribution is 2.22. The van der Waals surface area contributed by atoms with E-state index in [4.69, 9.17) is 4.74 Å². The predicted molar refractivity (Wildman–Crippen MR) is 116 cm³/mol. The number of hydrogen-bond acceptors (Lipinski definition) is 3. The van der Waals surface area contributed by atoms with Gasteiger partial charge in [0.2, 0.25) is 0 Å². The Hall–Kier alpha value is -2.28. The number of methoxy groups -OCH3 is 1. The fourth-order valence-electron chi connectivity index (χ4n) is 3.19. The molecule has 0 unspecified atom stereocenters. The quantitative estimate of drug-likeness (QED) is 0.304. The van der Waals surface area contributed by atoms with Crippen LogP contribution in [0.5, 0.6) is 5.75 Å². The Morgan fingerprint density at radius 3 is 2.71 bits per heavy atom. The minimum atomic E-state index is -0.259. The molecule has 3 aromatic rings. The van der Waals surface area contributed by atoms with Gasteiger partial charge in [-0.15, -0.1) is 0 Å². The second-order valence-corrected chi connectivity index (χ2v) is 7.78. The molecule has 1 heterocycles. The largest absolute Gasteiger partial charge is 0.496 e. The molecule has 0 aliphatic heterocycles. The summed E-state index contributed by atoms with van der Waals surface area (Å²) in [4.78, 5) is 16.9. The summed E-state index contributed by atoms with van der Waals surface area (Å²) in [5.74, 6) is 0.636. The average molecular weight is 489 g/mol. The third-order valence-electron chi connectivity index (χ3n) is 4.64. The number of aryl methyl sites for hydroxylation is 1. The molecule has 0 atom stereocenters. The Labute approximate surface area is 178 Å². The van der Waals surface area contributed by atoms with Gasteiger partial charge in [-0.3, -0.25) is 9.78 Å². The molecule has 0 bridgehead atoms. The Balaban J connectivity index is 1.69. The molecule has 0 N–H and O–H groups in total. The van der Waals surface area contributed by atoms with Crippen molar-refractivity contribution in [2.24, 2.45) is 0 Å². The molecule has 0 saturated heterocycles. The van der Waals surface area contributed by atoms with Crippen LogP contribution in [0.25, 0.3) is 0 Å². The molecule has 0 saturated carbocycles. The lowest BCUT2D eigenvalue weighted by molar-refractivity contribution is 0.0979. The van der Waals surface area contributed by atoms with Gasteiger partial charge >= 0.3 is 0 Å². The van der Waals surface area contributed by atoms with Crippen LogP contribution in [0.1, 0.15) is 39.9 Å². The van der Waals surface area contributed by atoms with E-state index in [1.54, 1.807) is 31.6 Å². The number of Topliss-reactive ketones (excluding diaryl/α,β-unsaturated/α-hetero) is 1. The summed E-state index contributed by atoms with van der Waals surface area (Å²) in [5.41, 5.74) is 3.03. The predicted octanol–water partition coefficient (Wildman–Crippen LogP) is 5.63. The monoisotopic (exact) mass is 489 g/mol. The van der Waals surface area contributed by atoms with Gasteiger partial charge in [0.05, 0.1) is 7.11 Å². The van der Waals surface area contributed by atoms with E-state index in [0.29, 0.717) is 24.0 Å². The van der Waals surface area contributed by atoms with Crippen molar-refractivity contribution < 1.29 is 13.9 Å². The highest BCUT2D eigenvalue weighted by atomic mass is 127. The van der Waals surface area contributed by atoms with Crippen LogP contribution in [0.4, 0.5) is 4.39 Å². The summed E-state index contributed by atoms with van der Waals surface area (Å²) < 4.78 is 20.4. The first kappa shape index (κ1) is 20.5. The number of ketones is 1. The first-order chi connectivity index (χ1) is 13.6. The van der Waals surface area contributed by atoms with Crippen LogP contribution >= 0.6 is 22.6 Å². The third kappa shape index (κ3) is 5.16. The normalized spacial score (nSPS) is 10.7. The molecule has 1 aromatic heterocycles. The topological polar surface area (TPSA) is 39.2 Å². The van der Waals surface area contributed by atoms with Gasteiger partial charge in [-0.2, -0.15) is 0 Å². The number of halogens is 2. The van der Waals surface area contributed by atoms with E-state index in [1.165, 1.54) is 6.07 Å². The maximum absolute atomic E-state index is 14.2. The van der Waals surface area contributed by atoms with E-state index in [9.17, 15) is 9.18 Å². The van der Waals surface area contributed by atoms with Gasteiger partial charge in [0, 0.05) is 34.4 Å². The molecular weight excluding hydrogens is 468 g/mol. The summed E-state index contributed by atoms with van der Waals surface area (Å²) in [5, 5.41) is 0. The molecule has 5 heteroatoms. The summed E-state index contributed by atoms with van der Waals surface area (Å²) in [7, 11) is 1.65. The highest BCUT2D eigenvalue weighted by Gasteiger charge is 2.14. The van der Waals surface area contributed by atoms with E-state index in [1.807, 2.05) is 30.3 Å². The second kappa shape index (κ2) is 9.78. The summed E-state index contributed by atoms with van der Waals surface area (Å²) >= 11 is 2.08. The molecular formula is C23H21FINO2. The van der Waals surface area contributed by atoms with Crippen LogP contribution in [0.15, 0.2) is 60.9 Å². The number of hydrogen-bond donors (Lipinski definition) is 0. The lowest BCUT2D eigenvalue weighted by atomic mass is 9.96. The third-order valence-corrected chi connectivity index (χ3v) is 5.31. The van der Waals surface area contributed by atoms with Crippen LogP contribution in [0.3, 0.4) is 0 Å². The lowest BCUT2D eigenvalue weighted by Crippen LogP contribution is -2.06. The van der Waals surface area contributed by atoms with Gasteiger partial charge in [0.1, 0.15) is 11.6 Å². The molecule has 0 aliphatic carbocycles. The van der Waals surface area contributed by atoms with E-state index in [2.05, 4.69) is 27.6 Å². The number of pyridine rings is 1. The Bertz CT molecular complexity index is 974. The molecule has 2 aromatic carbocycles. The number of para-hydroxylation sites is 1. The number of carbonyl (C=O) groups excluding carboxylic acids is 1. The first-order valence-corrected chi connectivity index (χ1v) is 10.2. The minimum absolute atomic E-state index is 0.0539. The average Bonchev–Trinajstić information content (AvgIpc) is 2.70. The van der Waals surface area contributed by atoms with E-state index < -0.39 is 0 Å². The van der Waals surface area contributed by atoms with Crippen molar-refractivity contribution in [3.8, 4) is 5.75 Å². The summed E-state index contributed by atoms with van der Waals surface area (Å²) in [6.45, 7) is 0. The standard InChI is InChI=1S/C23H21FINO2/c1-28-23-8-3-2-5-16(23)6-4-7-22(27)20-11-12-26-15-18(20)13-17-9-10-19(25)14-21(17)24/h2-3,5,8-12,14-15H,4,6-7,13H2,1H3. The van der Waals surface area contributed by atoms with Gasteiger partial charge < -0.3 is 4.74 Å². The number of benzene rings is 2. The van der Waals surface area contributed by atoms with Crippen LogP contribution in [0, 0.1) is 9.39 Å². The van der Waals surface area contributed by atoms with Crippen molar-refractivity contribution in [1.29, 1.82) is 0 Å². The highest BCUT2D eigenvalue weighted by molar-refractivity contribution is 14.1. The van der Waals surface area contributed by atoms with Gasteiger partial charge in [0.15, 0.2) is 5.78 Å². The van der Waals surface area contributed by atoms with E-state index in [0.717, 1.165) is 33.3 Å². The van der Waals surface area contributed by atoms with E-state index >= 15 is 0 Å². The molecule has 3 rings (SSSR count). The van der Waals surface area contributed by atoms with Crippen molar-refractivity contribution in [3.63, 3.8) is 0 Å². The van der Waals surface area contributed by atoms with Crippen molar-refractivity contribution in [1.82, 2.24) is 4.98 Å². The molecule has 144 valence electrons. The van der Waals surface area contributed by atoms with Crippen molar-refractivity contribution in [3.05, 3.63) is 92.6 Å². The van der Waals surface area contributed by atoms with Crippen LogP contribution in [0.2, 0.25) is 0 Å². The number of nitrogens with zero attached hydrogens (tertiary/aromatic N) is 1. The molecule has 28 heavy (non-hydrogen) atoms. The van der Waals surface area contributed by atoms with Gasteiger partial charge in [-0.25, -0.2) is 4.39 Å². The van der Waals surface area contributed by atoms with Gasteiger partial charge in [-0.05, 0) is 76.4 Å². The maximum atomic E-state index is 14.2. The van der Waals surface area contributed by atoms with Gasteiger partial charge in [0.25, 0.3) is 0 Å². The molecule has 0 radical (unpaired) electrons.